The minimum absolute atomic E-state index is 0.917. The maximum Gasteiger partial charge on any atom is 0.135 e. The summed E-state index contributed by atoms with van der Waals surface area (Å²) in [5.41, 5.74) is 4.64. The van der Waals surface area contributed by atoms with Gasteiger partial charge in [0.15, 0.2) is 0 Å². The van der Waals surface area contributed by atoms with Gasteiger partial charge < -0.3 is 9.64 Å². The van der Waals surface area contributed by atoms with Crippen molar-refractivity contribution < 1.29 is 4.74 Å². The van der Waals surface area contributed by atoms with Crippen LogP contribution in [0, 0.1) is 20.8 Å². The Morgan fingerprint density at radius 2 is 1.85 bits per heavy atom. The van der Waals surface area contributed by atoms with Crippen LogP contribution in [-0.4, -0.2) is 19.1 Å². The first-order valence-corrected chi connectivity index (χ1v) is 7.25. The molecule has 0 saturated heterocycles. The largest absolute Gasteiger partial charge is 0.496 e. The second-order valence-electron chi connectivity index (χ2n) is 4.89. The van der Waals surface area contributed by atoms with Gasteiger partial charge in [0.25, 0.3) is 0 Å². The Balaban J connectivity index is 2.48. The van der Waals surface area contributed by atoms with Gasteiger partial charge in [0, 0.05) is 23.4 Å². The van der Waals surface area contributed by atoms with Crippen molar-refractivity contribution in [3.63, 3.8) is 0 Å². The minimum atomic E-state index is 0.917. The molecular formula is C16H19BrN2O. The van der Waals surface area contributed by atoms with Crippen molar-refractivity contribution in [1.82, 2.24) is 4.98 Å². The summed E-state index contributed by atoms with van der Waals surface area (Å²) in [5, 5.41) is 0. The van der Waals surface area contributed by atoms with Gasteiger partial charge in [-0.1, -0.05) is 0 Å². The third-order valence-corrected chi connectivity index (χ3v) is 4.06. The first-order valence-electron chi connectivity index (χ1n) is 6.45. The Bertz CT molecular complexity index is 641. The van der Waals surface area contributed by atoms with Gasteiger partial charge in [-0.05, 0) is 71.6 Å². The van der Waals surface area contributed by atoms with Gasteiger partial charge in [0.05, 0.1) is 7.11 Å². The van der Waals surface area contributed by atoms with Crippen molar-refractivity contribution in [3.05, 3.63) is 45.6 Å². The summed E-state index contributed by atoms with van der Waals surface area (Å²) >= 11 is 3.45. The predicted octanol–water partition coefficient (Wildman–Crippen LogP) is 4.55. The molecule has 0 radical (unpaired) electrons. The van der Waals surface area contributed by atoms with Crippen LogP contribution in [0.5, 0.6) is 5.75 Å². The maximum absolute atomic E-state index is 5.37. The van der Waals surface area contributed by atoms with Gasteiger partial charge in [-0.25, -0.2) is 4.98 Å². The first kappa shape index (κ1) is 14.9. The quantitative estimate of drug-likeness (QED) is 0.823. The van der Waals surface area contributed by atoms with Crippen molar-refractivity contribution in [3.8, 4) is 5.75 Å². The van der Waals surface area contributed by atoms with Crippen LogP contribution in [0.25, 0.3) is 0 Å². The fourth-order valence-electron chi connectivity index (χ4n) is 2.36. The molecule has 0 bridgehead atoms. The monoisotopic (exact) mass is 334 g/mol. The fourth-order valence-corrected chi connectivity index (χ4v) is 2.81. The number of pyridine rings is 1. The summed E-state index contributed by atoms with van der Waals surface area (Å²) in [6, 6.07) is 6.15. The van der Waals surface area contributed by atoms with E-state index in [1.165, 1.54) is 5.56 Å². The number of aromatic nitrogens is 1. The number of hydrogen-bond acceptors (Lipinski definition) is 3. The molecule has 0 aliphatic carbocycles. The van der Waals surface area contributed by atoms with Gasteiger partial charge in [-0.15, -0.1) is 0 Å². The van der Waals surface area contributed by atoms with Gasteiger partial charge in [0.2, 0.25) is 0 Å². The lowest BCUT2D eigenvalue weighted by atomic mass is 10.1. The number of methoxy groups -OCH3 is 1. The van der Waals surface area contributed by atoms with E-state index in [1.54, 1.807) is 7.11 Å². The molecule has 1 heterocycles. The standard InChI is InChI=1S/C16H19BrN2O/c1-10-8-13(17)9-18-16(10)19(4)14-6-7-15(20-5)12(3)11(14)2/h6-9H,1-5H3. The number of benzene rings is 1. The van der Waals surface area contributed by atoms with Gasteiger partial charge >= 0.3 is 0 Å². The molecule has 1 aromatic carbocycles. The van der Waals surface area contributed by atoms with E-state index in [-0.39, 0.29) is 0 Å². The molecular weight excluding hydrogens is 316 g/mol. The van der Waals surface area contributed by atoms with E-state index in [2.05, 4.69) is 58.7 Å². The lowest BCUT2D eigenvalue weighted by Gasteiger charge is -2.24. The molecule has 20 heavy (non-hydrogen) atoms. The summed E-state index contributed by atoms with van der Waals surface area (Å²) in [6.07, 6.45) is 1.82. The number of halogens is 1. The van der Waals surface area contributed by atoms with Crippen LogP contribution in [0.1, 0.15) is 16.7 Å². The highest BCUT2D eigenvalue weighted by Gasteiger charge is 2.14. The second-order valence-corrected chi connectivity index (χ2v) is 5.81. The van der Waals surface area contributed by atoms with Crippen LogP contribution in [0.2, 0.25) is 0 Å². The predicted molar refractivity (Wildman–Crippen MR) is 87.2 cm³/mol. The normalized spacial score (nSPS) is 10.5. The lowest BCUT2D eigenvalue weighted by Crippen LogP contribution is -2.14. The smallest absolute Gasteiger partial charge is 0.135 e. The Kier molecular flexibility index (Phi) is 4.33. The molecule has 0 fully saturated rings. The van der Waals surface area contributed by atoms with Gasteiger partial charge in [-0.2, -0.15) is 0 Å². The third kappa shape index (κ3) is 2.66. The summed E-state index contributed by atoms with van der Waals surface area (Å²) in [7, 11) is 3.74. The number of aryl methyl sites for hydroxylation is 1. The number of rotatable bonds is 3. The van der Waals surface area contributed by atoms with Crippen molar-refractivity contribution >= 4 is 27.4 Å². The molecule has 1 aromatic heterocycles. The van der Waals surface area contributed by atoms with E-state index in [0.717, 1.165) is 32.9 Å². The molecule has 3 nitrogen and oxygen atoms in total. The van der Waals surface area contributed by atoms with E-state index < -0.39 is 0 Å². The molecule has 4 heteroatoms. The van der Waals surface area contributed by atoms with Gasteiger partial charge in [0.1, 0.15) is 11.6 Å². The molecule has 0 N–H and O–H groups in total. The number of nitrogens with zero attached hydrogens (tertiary/aromatic N) is 2. The molecule has 0 saturated carbocycles. The van der Waals surface area contributed by atoms with Crippen LogP contribution in [0.3, 0.4) is 0 Å². The minimum Gasteiger partial charge on any atom is -0.496 e. The molecule has 0 aliphatic heterocycles. The Morgan fingerprint density at radius 3 is 2.45 bits per heavy atom. The van der Waals surface area contributed by atoms with E-state index in [1.807, 2.05) is 19.3 Å². The highest BCUT2D eigenvalue weighted by atomic mass is 79.9. The average Bonchev–Trinajstić information content (AvgIpc) is 2.41. The van der Waals surface area contributed by atoms with Gasteiger partial charge in [-0.3, -0.25) is 0 Å². The Hall–Kier alpha value is -1.55. The number of hydrogen-bond donors (Lipinski definition) is 0. The molecule has 2 rings (SSSR count). The van der Waals surface area contributed by atoms with Crippen molar-refractivity contribution in [1.29, 1.82) is 0 Å². The molecule has 0 spiro atoms. The fraction of sp³-hybridized carbons (Fsp3) is 0.312. The van der Waals surface area contributed by atoms with Crippen LogP contribution in [0.4, 0.5) is 11.5 Å². The zero-order chi connectivity index (χ0) is 14.9. The molecule has 0 atom stereocenters. The van der Waals surface area contributed by atoms with E-state index in [9.17, 15) is 0 Å². The molecule has 0 amide bonds. The Labute approximate surface area is 128 Å². The van der Waals surface area contributed by atoms with Crippen molar-refractivity contribution in [2.45, 2.75) is 20.8 Å². The first-order chi connectivity index (χ1) is 9.45. The second kappa shape index (κ2) is 5.83. The van der Waals surface area contributed by atoms with E-state index in [0.29, 0.717) is 0 Å². The summed E-state index contributed by atoms with van der Waals surface area (Å²) < 4.78 is 6.36. The molecule has 0 unspecified atom stereocenters. The van der Waals surface area contributed by atoms with Crippen LogP contribution >= 0.6 is 15.9 Å². The van der Waals surface area contributed by atoms with Crippen molar-refractivity contribution in [2.24, 2.45) is 0 Å². The zero-order valence-corrected chi connectivity index (χ0v) is 14.1. The summed E-state index contributed by atoms with van der Waals surface area (Å²) in [5.74, 6) is 1.88. The van der Waals surface area contributed by atoms with Crippen LogP contribution < -0.4 is 9.64 Å². The van der Waals surface area contributed by atoms with Crippen LogP contribution in [0.15, 0.2) is 28.9 Å². The lowest BCUT2D eigenvalue weighted by molar-refractivity contribution is 0.411. The summed E-state index contributed by atoms with van der Waals surface area (Å²) in [4.78, 5) is 6.63. The average molecular weight is 335 g/mol. The SMILES string of the molecule is COc1ccc(N(C)c2ncc(Br)cc2C)c(C)c1C. The highest BCUT2D eigenvalue weighted by molar-refractivity contribution is 9.10. The zero-order valence-electron chi connectivity index (χ0n) is 12.5. The molecule has 106 valence electrons. The number of anilines is 2. The van der Waals surface area contributed by atoms with E-state index >= 15 is 0 Å². The van der Waals surface area contributed by atoms with Crippen LogP contribution in [-0.2, 0) is 0 Å². The Morgan fingerprint density at radius 1 is 1.15 bits per heavy atom. The van der Waals surface area contributed by atoms with Crippen molar-refractivity contribution in [2.75, 3.05) is 19.1 Å². The molecule has 0 aliphatic rings. The maximum atomic E-state index is 5.37. The van der Waals surface area contributed by atoms with E-state index in [4.69, 9.17) is 4.74 Å². The summed E-state index contributed by atoms with van der Waals surface area (Å²) in [6.45, 7) is 6.25. The highest BCUT2D eigenvalue weighted by Crippen LogP contribution is 2.33. The topological polar surface area (TPSA) is 25.4 Å². The molecule has 2 aromatic rings. The number of ether oxygens (including phenoxy) is 1. The third-order valence-electron chi connectivity index (χ3n) is 3.63.